The summed E-state index contributed by atoms with van der Waals surface area (Å²) in [6, 6.07) is 3.45. The average molecular weight is 540 g/mol. The minimum atomic E-state index is -0.935. The van der Waals surface area contributed by atoms with Gasteiger partial charge in [0.05, 0.1) is 15.1 Å². The zero-order valence-electron chi connectivity index (χ0n) is 19.8. The third-order valence-electron chi connectivity index (χ3n) is 2.89. The summed E-state index contributed by atoms with van der Waals surface area (Å²) in [6.45, 7) is 19.8. The van der Waals surface area contributed by atoms with E-state index in [4.69, 9.17) is 55.2 Å². The van der Waals surface area contributed by atoms with Crippen molar-refractivity contribution >= 4 is 58.8 Å². The monoisotopic (exact) mass is 538 g/mol. The number of unbranched alkanes of at least 4 members (excludes halogenated alkanes) is 1. The Morgan fingerprint density at radius 3 is 1.32 bits per heavy atom. The molecule has 0 saturated carbocycles. The van der Waals surface area contributed by atoms with Gasteiger partial charge >= 0.3 is 17.9 Å². The van der Waals surface area contributed by atoms with Crippen molar-refractivity contribution in [3.8, 4) is 0 Å². The van der Waals surface area contributed by atoms with Crippen LogP contribution in [-0.2, 0) is 14.4 Å². The summed E-state index contributed by atoms with van der Waals surface area (Å²) >= 11 is 17.3. The maximum absolute atomic E-state index is 9.60. The number of benzene rings is 1. The molecular formula is C24H33Cl3O7. The van der Waals surface area contributed by atoms with Crippen LogP contribution in [0.3, 0.4) is 0 Å². The first-order valence-corrected chi connectivity index (χ1v) is 10.7. The number of aliphatic carboxylic acids is 3. The van der Waals surface area contributed by atoms with Crippen LogP contribution in [0.2, 0.25) is 15.1 Å². The van der Waals surface area contributed by atoms with Crippen LogP contribution in [0.25, 0.3) is 6.08 Å². The summed E-state index contributed by atoms with van der Waals surface area (Å²) in [5.74, 6) is -2.81. The maximum Gasteiger partial charge on any atom is 0.330 e. The second kappa shape index (κ2) is 23.6. The molecule has 7 nitrogen and oxygen atoms in total. The quantitative estimate of drug-likeness (QED) is 0.226. The largest absolute Gasteiger partial charge is 0.478 e. The van der Waals surface area contributed by atoms with Crippen molar-refractivity contribution in [2.75, 3.05) is 6.61 Å². The summed E-state index contributed by atoms with van der Waals surface area (Å²) in [6.07, 6.45) is 3.67. The SMILES string of the molecule is C=C(C)C(=O)O.C=C(C)C(=O)O.C=C(C)C(=O)O.C=Cc1ccc(Cl)c(Cl)c1Cl.CCCCO. The normalized spacial score (nSPS) is 8.35. The van der Waals surface area contributed by atoms with Crippen molar-refractivity contribution in [2.45, 2.75) is 40.5 Å². The van der Waals surface area contributed by atoms with Gasteiger partial charge in [-0.2, -0.15) is 0 Å². The van der Waals surface area contributed by atoms with Gasteiger partial charge in [-0.05, 0) is 38.8 Å². The van der Waals surface area contributed by atoms with E-state index in [9.17, 15) is 14.4 Å². The van der Waals surface area contributed by atoms with Crippen molar-refractivity contribution in [2.24, 2.45) is 0 Å². The number of halogens is 3. The predicted octanol–water partition coefficient (Wildman–Crippen LogP) is 7.01. The molecule has 0 aliphatic heterocycles. The number of hydrogen-bond acceptors (Lipinski definition) is 4. The minimum Gasteiger partial charge on any atom is -0.478 e. The first-order valence-electron chi connectivity index (χ1n) is 9.54. The summed E-state index contributed by atoms with van der Waals surface area (Å²) in [4.78, 5) is 28.8. The molecule has 1 aromatic rings. The van der Waals surface area contributed by atoms with Gasteiger partial charge in [0, 0.05) is 23.3 Å². The molecule has 0 fully saturated rings. The summed E-state index contributed by atoms with van der Waals surface area (Å²) in [7, 11) is 0. The third kappa shape index (κ3) is 25.7. The van der Waals surface area contributed by atoms with Gasteiger partial charge in [0.2, 0.25) is 0 Å². The molecule has 0 spiro atoms. The Bertz CT molecular complexity index is 752. The van der Waals surface area contributed by atoms with Crippen LogP contribution in [0.1, 0.15) is 46.1 Å². The summed E-state index contributed by atoms with van der Waals surface area (Å²) in [5, 5.41) is 33.0. The van der Waals surface area contributed by atoms with Crippen molar-refractivity contribution in [3.63, 3.8) is 0 Å². The van der Waals surface area contributed by atoms with E-state index in [0.717, 1.165) is 18.4 Å². The van der Waals surface area contributed by atoms with Crippen LogP contribution in [0.5, 0.6) is 0 Å². The number of carbonyl (C=O) groups is 3. The fraction of sp³-hybridized carbons (Fsp3) is 0.292. The van der Waals surface area contributed by atoms with E-state index in [1.165, 1.54) is 20.8 Å². The van der Waals surface area contributed by atoms with E-state index < -0.39 is 17.9 Å². The Balaban J connectivity index is -0.000000173. The smallest absolute Gasteiger partial charge is 0.330 e. The zero-order valence-corrected chi connectivity index (χ0v) is 22.1. The highest BCUT2D eigenvalue weighted by Gasteiger charge is 2.05. The number of rotatable bonds is 6. The first-order chi connectivity index (χ1) is 15.5. The van der Waals surface area contributed by atoms with Crippen LogP contribution in [0.4, 0.5) is 0 Å². The van der Waals surface area contributed by atoms with Gasteiger partial charge in [-0.3, -0.25) is 0 Å². The number of carboxylic acids is 3. The van der Waals surface area contributed by atoms with Gasteiger partial charge in [0.1, 0.15) is 0 Å². The molecule has 0 bridgehead atoms. The lowest BCUT2D eigenvalue weighted by Crippen LogP contribution is -1.92. The van der Waals surface area contributed by atoms with Crippen LogP contribution in [0.15, 0.2) is 55.2 Å². The van der Waals surface area contributed by atoms with Crippen molar-refractivity contribution in [3.05, 3.63) is 75.8 Å². The lowest BCUT2D eigenvalue weighted by Gasteiger charge is -2.01. The molecule has 0 atom stereocenters. The molecule has 34 heavy (non-hydrogen) atoms. The van der Waals surface area contributed by atoms with E-state index in [1.807, 2.05) is 0 Å². The van der Waals surface area contributed by atoms with E-state index in [1.54, 1.807) is 18.2 Å². The summed E-state index contributed by atoms with van der Waals surface area (Å²) < 4.78 is 0. The highest BCUT2D eigenvalue weighted by atomic mass is 35.5. The lowest BCUT2D eigenvalue weighted by atomic mass is 10.2. The van der Waals surface area contributed by atoms with Gasteiger partial charge in [0.15, 0.2) is 0 Å². The molecule has 0 radical (unpaired) electrons. The van der Waals surface area contributed by atoms with E-state index >= 15 is 0 Å². The fourth-order valence-electron chi connectivity index (χ4n) is 0.857. The molecule has 0 saturated heterocycles. The molecule has 192 valence electrons. The predicted molar refractivity (Wildman–Crippen MR) is 141 cm³/mol. The number of carboxylic acid groups (broad SMARTS) is 3. The van der Waals surface area contributed by atoms with E-state index in [-0.39, 0.29) is 16.7 Å². The Kier molecular flexibility index (Phi) is 26.8. The third-order valence-corrected chi connectivity index (χ3v) is 4.20. The Morgan fingerprint density at radius 1 is 0.824 bits per heavy atom. The minimum absolute atomic E-state index is 0.176. The van der Waals surface area contributed by atoms with Crippen LogP contribution in [-0.4, -0.2) is 44.9 Å². The van der Waals surface area contributed by atoms with Crippen LogP contribution in [0, 0.1) is 0 Å². The molecule has 1 rings (SSSR count). The van der Waals surface area contributed by atoms with E-state index in [2.05, 4.69) is 33.2 Å². The standard InChI is InChI=1S/C8H5Cl3.3C4H6O2.C4H10O/c1-2-5-3-4-6(9)8(11)7(5)10;3*1-3(2)4(5)6;1-2-3-4-5/h2-4H,1H2;3*1H2,2H3,(H,5,6);5H,2-4H2,1H3. The highest BCUT2D eigenvalue weighted by Crippen LogP contribution is 2.32. The molecule has 0 aliphatic carbocycles. The molecule has 1 aromatic carbocycles. The molecule has 0 unspecified atom stereocenters. The Morgan fingerprint density at radius 2 is 1.15 bits per heavy atom. The molecule has 4 N–H and O–H groups in total. The van der Waals surface area contributed by atoms with Crippen molar-refractivity contribution in [1.82, 2.24) is 0 Å². The lowest BCUT2D eigenvalue weighted by molar-refractivity contribution is -0.133. The molecule has 0 aromatic heterocycles. The fourth-order valence-corrected chi connectivity index (χ4v) is 1.48. The van der Waals surface area contributed by atoms with Gasteiger partial charge in [-0.25, -0.2) is 14.4 Å². The summed E-state index contributed by atoms with van der Waals surface area (Å²) in [5.41, 5.74) is 1.32. The van der Waals surface area contributed by atoms with Crippen LogP contribution < -0.4 is 0 Å². The average Bonchev–Trinajstić information content (AvgIpc) is 2.74. The van der Waals surface area contributed by atoms with Gasteiger partial charge in [-0.1, -0.05) is 86.6 Å². The van der Waals surface area contributed by atoms with Crippen molar-refractivity contribution in [1.29, 1.82) is 0 Å². The molecule has 0 heterocycles. The van der Waals surface area contributed by atoms with E-state index in [0.29, 0.717) is 21.7 Å². The topological polar surface area (TPSA) is 132 Å². The van der Waals surface area contributed by atoms with Gasteiger partial charge in [-0.15, -0.1) is 0 Å². The van der Waals surface area contributed by atoms with Crippen molar-refractivity contribution < 1.29 is 34.8 Å². The van der Waals surface area contributed by atoms with Gasteiger partial charge in [0.25, 0.3) is 0 Å². The highest BCUT2D eigenvalue weighted by molar-refractivity contribution is 6.48. The molecule has 0 aliphatic rings. The zero-order chi connectivity index (χ0) is 28.0. The van der Waals surface area contributed by atoms with Crippen LogP contribution >= 0.6 is 34.8 Å². The Hall–Kier alpha value is -2.58. The number of aliphatic hydroxyl groups is 1. The second-order valence-electron chi connectivity index (χ2n) is 6.30. The number of hydrogen-bond donors (Lipinski definition) is 4. The maximum atomic E-state index is 9.60. The number of aliphatic hydroxyl groups excluding tert-OH is 1. The molecular weight excluding hydrogens is 507 g/mol. The first kappa shape index (κ1) is 38.7. The van der Waals surface area contributed by atoms with Gasteiger partial charge < -0.3 is 20.4 Å². The molecule has 0 amide bonds. The second-order valence-corrected chi connectivity index (χ2v) is 7.47. The molecule has 10 heteroatoms. The Labute approximate surface area is 216 Å².